The van der Waals surface area contributed by atoms with Crippen LogP contribution in [0.4, 0.5) is 5.69 Å². The third-order valence-electron chi connectivity index (χ3n) is 1.92. The molecule has 1 amide bonds. The Hall–Kier alpha value is -1.22. The quantitative estimate of drug-likeness (QED) is 0.780. The minimum Gasteiger partial charge on any atom is -0.508 e. The molecule has 0 aliphatic rings. The van der Waals surface area contributed by atoms with E-state index in [1.807, 2.05) is 20.8 Å². The largest absolute Gasteiger partial charge is 0.508 e. The lowest BCUT2D eigenvalue weighted by atomic mass is 9.92. The van der Waals surface area contributed by atoms with E-state index in [4.69, 9.17) is 16.7 Å². The maximum absolute atomic E-state index is 11.6. The lowest BCUT2D eigenvalue weighted by Gasteiger charge is -2.17. The van der Waals surface area contributed by atoms with Crippen molar-refractivity contribution in [3.63, 3.8) is 0 Å². The number of rotatable bonds is 2. The molecular formula is C12H16ClNO2. The molecule has 0 radical (unpaired) electrons. The highest BCUT2D eigenvalue weighted by Gasteiger charge is 2.16. The maximum Gasteiger partial charge on any atom is 0.224 e. The Morgan fingerprint density at radius 3 is 2.56 bits per heavy atom. The van der Waals surface area contributed by atoms with Crippen LogP contribution in [0.1, 0.15) is 27.2 Å². The third-order valence-corrected chi connectivity index (χ3v) is 2.23. The van der Waals surface area contributed by atoms with E-state index < -0.39 is 0 Å². The summed E-state index contributed by atoms with van der Waals surface area (Å²) in [5, 5.41) is 12.2. The number of phenolic OH excluding ortho intramolecular Hbond substituents is 1. The minimum absolute atomic E-state index is 0.0620. The first-order valence-corrected chi connectivity index (χ1v) is 5.44. The van der Waals surface area contributed by atoms with Crippen molar-refractivity contribution in [2.45, 2.75) is 27.2 Å². The van der Waals surface area contributed by atoms with Gasteiger partial charge in [-0.05, 0) is 17.5 Å². The van der Waals surface area contributed by atoms with Crippen molar-refractivity contribution < 1.29 is 9.90 Å². The number of carbonyl (C=O) groups is 1. The fourth-order valence-corrected chi connectivity index (χ4v) is 1.50. The van der Waals surface area contributed by atoms with Crippen LogP contribution in [0.5, 0.6) is 5.75 Å². The second-order valence-corrected chi connectivity index (χ2v) is 5.36. The standard InChI is InChI=1S/C12H16ClNO2/c1-12(2,3)7-11(16)14-10-5-4-8(15)6-9(10)13/h4-6,15H,7H2,1-3H3,(H,14,16). The molecule has 0 unspecified atom stereocenters. The SMILES string of the molecule is CC(C)(C)CC(=O)Nc1ccc(O)cc1Cl. The van der Waals surface area contributed by atoms with Gasteiger partial charge in [-0.1, -0.05) is 32.4 Å². The molecule has 0 saturated carbocycles. The van der Waals surface area contributed by atoms with E-state index in [-0.39, 0.29) is 17.1 Å². The molecule has 3 nitrogen and oxygen atoms in total. The van der Waals surface area contributed by atoms with Gasteiger partial charge in [0.2, 0.25) is 5.91 Å². The summed E-state index contributed by atoms with van der Waals surface area (Å²) in [4.78, 5) is 11.6. The van der Waals surface area contributed by atoms with Gasteiger partial charge >= 0.3 is 0 Å². The van der Waals surface area contributed by atoms with E-state index in [1.54, 1.807) is 6.07 Å². The van der Waals surface area contributed by atoms with Crippen LogP contribution in [-0.2, 0) is 4.79 Å². The van der Waals surface area contributed by atoms with Crippen LogP contribution in [0.3, 0.4) is 0 Å². The number of hydrogen-bond donors (Lipinski definition) is 2. The number of benzene rings is 1. The summed E-state index contributed by atoms with van der Waals surface area (Å²) in [5.74, 6) is -0.00101. The molecule has 0 atom stereocenters. The molecule has 16 heavy (non-hydrogen) atoms. The van der Waals surface area contributed by atoms with E-state index in [1.165, 1.54) is 12.1 Å². The van der Waals surface area contributed by atoms with Crippen LogP contribution in [-0.4, -0.2) is 11.0 Å². The first-order chi connectivity index (χ1) is 7.28. The molecule has 1 rings (SSSR count). The van der Waals surface area contributed by atoms with Gasteiger partial charge in [-0.25, -0.2) is 0 Å². The van der Waals surface area contributed by atoms with Gasteiger partial charge in [-0.15, -0.1) is 0 Å². The minimum atomic E-state index is -0.0833. The number of nitrogens with one attached hydrogen (secondary N) is 1. The lowest BCUT2D eigenvalue weighted by Crippen LogP contribution is -2.19. The first-order valence-electron chi connectivity index (χ1n) is 5.06. The highest BCUT2D eigenvalue weighted by atomic mass is 35.5. The molecule has 0 fully saturated rings. The van der Waals surface area contributed by atoms with E-state index in [9.17, 15) is 4.79 Å². The maximum atomic E-state index is 11.6. The zero-order chi connectivity index (χ0) is 12.3. The molecule has 0 spiro atoms. The average molecular weight is 242 g/mol. The summed E-state index contributed by atoms with van der Waals surface area (Å²) in [6, 6.07) is 4.46. The normalized spacial score (nSPS) is 11.2. The zero-order valence-corrected chi connectivity index (χ0v) is 10.4. The Morgan fingerprint density at radius 2 is 2.06 bits per heavy atom. The number of anilines is 1. The molecule has 0 aromatic heterocycles. The van der Waals surface area contributed by atoms with Crippen LogP contribution in [0.25, 0.3) is 0 Å². The van der Waals surface area contributed by atoms with Gasteiger partial charge in [0.25, 0.3) is 0 Å². The van der Waals surface area contributed by atoms with Crippen LogP contribution in [0, 0.1) is 5.41 Å². The van der Waals surface area contributed by atoms with E-state index in [0.29, 0.717) is 17.1 Å². The Balaban J connectivity index is 2.70. The topological polar surface area (TPSA) is 49.3 Å². The zero-order valence-electron chi connectivity index (χ0n) is 9.67. The molecule has 1 aromatic rings. The fourth-order valence-electron chi connectivity index (χ4n) is 1.28. The van der Waals surface area contributed by atoms with Crippen molar-refractivity contribution in [3.05, 3.63) is 23.2 Å². The predicted molar refractivity (Wildman–Crippen MR) is 65.8 cm³/mol. The summed E-state index contributed by atoms with van der Waals surface area (Å²) in [6.07, 6.45) is 0.421. The smallest absolute Gasteiger partial charge is 0.224 e. The molecule has 88 valence electrons. The van der Waals surface area contributed by atoms with Crippen LogP contribution in [0.15, 0.2) is 18.2 Å². The summed E-state index contributed by atoms with van der Waals surface area (Å²) in [7, 11) is 0. The summed E-state index contributed by atoms with van der Waals surface area (Å²) in [5.41, 5.74) is 0.460. The first kappa shape index (κ1) is 12.8. The van der Waals surface area contributed by atoms with Gasteiger partial charge < -0.3 is 10.4 Å². The number of halogens is 1. The average Bonchev–Trinajstić information content (AvgIpc) is 2.06. The molecule has 0 heterocycles. The van der Waals surface area contributed by atoms with Gasteiger partial charge in [0.1, 0.15) is 5.75 Å². The molecular weight excluding hydrogens is 226 g/mol. The van der Waals surface area contributed by atoms with Gasteiger partial charge in [0.05, 0.1) is 10.7 Å². The van der Waals surface area contributed by atoms with Crippen molar-refractivity contribution in [1.29, 1.82) is 0 Å². The summed E-state index contributed by atoms with van der Waals surface area (Å²) >= 11 is 5.87. The Labute approximate surface area is 100 Å². The second-order valence-electron chi connectivity index (χ2n) is 4.95. The van der Waals surface area contributed by atoms with Crippen LogP contribution < -0.4 is 5.32 Å². The van der Waals surface area contributed by atoms with Gasteiger partial charge in [-0.3, -0.25) is 4.79 Å². The lowest BCUT2D eigenvalue weighted by molar-refractivity contribution is -0.117. The molecule has 4 heteroatoms. The van der Waals surface area contributed by atoms with Crippen molar-refractivity contribution in [1.82, 2.24) is 0 Å². The van der Waals surface area contributed by atoms with Crippen molar-refractivity contribution in [3.8, 4) is 5.75 Å². The molecule has 0 bridgehead atoms. The third kappa shape index (κ3) is 4.11. The second kappa shape index (κ2) is 4.74. The van der Waals surface area contributed by atoms with Crippen molar-refractivity contribution >= 4 is 23.2 Å². The van der Waals surface area contributed by atoms with Crippen molar-refractivity contribution in [2.24, 2.45) is 5.41 Å². The molecule has 2 N–H and O–H groups in total. The molecule has 0 aliphatic heterocycles. The molecule has 0 saturated heterocycles. The fraction of sp³-hybridized carbons (Fsp3) is 0.417. The van der Waals surface area contributed by atoms with Gasteiger partial charge in [-0.2, -0.15) is 0 Å². The summed E-state index contributed by atoms with van der Waals surface area (Å²) in [6.45, 7) is 5.97. The van der Waals surface area contributed by atoms with E-state index >= 15 is 0 Å². The van der Waals surface area contributed by atoms with Gasteiger partial charge in [0.15, 0.2) is 0 Å². The number of carbonyl (C=O) groups excluding carboxylic acids is 1. The predicted octanol–water partition coefficient (Wildman–Crippen LogP) is 3.42. The van der Waals surface area contributed by atoms with Crippen LogP contribution >= 0.6 is 11.6 Å². The Bertz CT molecular complexity index is 396. The number of amides is 1. The van der Waals surface area contributed by atoms with E-state index in [0.717, 1.165) is 0 Å². The number of aromatic hydroxyl groups is 1. The van der Waals surface area contributed by atoms with Crippen LogP contribution in [0.2, 0.25) is 5.02 Å². The van der Waals surface area contributed by atoms with E-state index in [2.05, 4.69) is 5.32 Å². The molecule has 1 aromatic carbocycles. The Morgan fingerprint density at radius 1 is 1.44 bits per heavy atom. The monoisotopic (exact) mass is 241 g/mol. The number of hydrogen-bond acceptors (Lipinski definition) is 2. The van der Waals surface area contributed by atoms with Crippen molar-refractivity contribution in [2.75, 3.05) is 5.32 Å². The highest BCUT2D eigenvalue weighted by molar-refractivity contribution is 6.33. The highest BCUT2D eigenvalue weighted by Crippen LogP contribution is 2.27. The summed E-state index contributed by atoms with van der Waals surface area (Å²) < 4.78 is 0. The Kier molecular flexibility index (Phi) is 3.81. The molecule has 0 aliphatic carbocycles. The number of phenols is 1. The van der Waals surface area contributed by atoms with Gasteiger partial charge in [0, 0.05) is 12.5 Å².